The Morgan fingerprint density at radius 2 is 0.913 bits per heavy atom. The topological polar surface area (TPSA) is 421 Å². The van der Waals surface area contributed by atoms with Gasteiger partial charge in [0.05, 0.1) is 63.9 Å². The molecule has 6 aromatic rings. The van der Waals surface area contributed by atoms with E-state index in [0.717, 1.165) is 51.4 Å². The number of nitrogens with one attached hydrogen (secondary N) is 6. The van der Waals surface area contributed by atoms with E-state index < -0.39 is 118 Å². The van der Waals surface area contributed by atoms with E-state index >= 15 is 0 Å². The molecule has 8 amide bonds. The van der Waals surface area contributed by atoms with Crippen LogP contribution < -0.4 is 50.8 Å². The number of carboxylic acids is 1. The molecule has 0 unspecified atom stereocenters. The van der Waals surface area contributed by atoms with Crippen LogP contribution in [0.2, 0.25) is 0 Å². The van der Waals surface area contributed by atoms with E-state index in [1.165, 1.54) is 46.7 Å². The number of hydrogen-bond donors (Lipinski definition) is 7. The van der Waals surface area contributed by atoms with Gasteiger partial charge in [0.1, 0.15) is 99.6 Å². The van der Waals surface area contributed by atoms with Gasteiger partial charge in [-0.1, -0.05) is 95.2 Å². The van der Waals surface area contributed by atoms with E-state index in [-0.39, 0.29) is 72.6 Å². The highest BCUT2D eigenvalue weighted by molar-refractivity contribution is 7.14. The molecule has 35 heteroatoms. The minimum atomic E-state index is -1.30. The quantitative estimate of drug-likeness (QED) is 0.0151. The van der Waals surface area contributed by atoms with Gasteiger partial charge in [0.25, 0.3) is 0 Å². The summed E-state index contributed by atoms with van der Waals surface area (Å²) in [7, 11) is 5.64. The smallest absolute Gasteiger partial charge is 0.411 e. The zero-order valence-corrected chi connectivity index (χ0v) is 77.2. The number of rotatable bonds is 26. The van der Waals surface area contributed by atoms with Crippen LogP contribution in [0.4, 0.5) is 24.6 Å². The Kier molecular flexibility index (Phi) is 30.6. The molecule has 0 bridgehead atoms. The minimum Gasteiger partial charge on any atom is -0.497 e. The molecule has 4 saturated carbocycles. The Morgan fingerprint density at radius 3 is 1.26 bits per heavy atom. The number of alkyl carbamates (subject to hydrolysis) is 2. The molecule has 126 heavy (non-hydrogen) atoms. The number of likely N-dealkylation sites (tertiary alicyclic amines) is 2. The highest BCUT2D eigenvalue weighted by Gasteiger charge is 2.63. The Bertz CT molecular complexity index is 5040. The molecule has 4 aliphatic carbocycles. The van der Waals surface area contributed by atoms with E-state index in [1.807, 2.05) is 74.4 Å². The molecule has 6 fully saturated rings. The number of carbonyl (C=O) groups is 11. The van der Waals surface area contributed by atoms with Crippen molar-refractivity contribution in [1.29, 1.82) is 0 Å². The average molecular weight is 1780 g/mol. The lowest BCUT2D eigenvalue weighted by atomic mass is 9.85. The van der Waals surface area contributed by atoms with Crippen LogP contribution >= 0.6 is 22.7 Å². The summed E-state index contributed by atoms with van der Waals surface area (Å²) < 4.78 is 50.8. The lowest BCUT2D eigenvalue weighted by molar-refractivity contribution is -0.148. The van der Waals surface area contributed by atoms with Gasteiger partial charge in [-0.15, -0.1) is 35.8 Å². The van der Waals surface area contributed by atoms with Crippen LogP contribution in [-0.4, -0.2) is 207 Å². The van der Waals surface area contributed by atoms with Gasteiger partial charge in [-0.05, 0) is 131 Å². The maximum Gasteiger partial charge on any atom is 0.411 e. The fraction of sp³-hybridized carbons (Fsp3) is 0.571. The van der Waals surface area contributed by atoms with Gasteiger partial charge in [0.2, 0.25) is 29.5 Å². The predicted molar refractivity (Wildman–Crippen MR) is 475 cm³/mol. The summed E-state index contributed by atoms with van der Waals surface area (Å²) in [6, 6.07) is 10.2. The van der Waals surface area contributed by atoms with Gasteiger partial charge in [-0.25, -0.2) is 48.7 Å². The van der Waals surface area contributed by atoms with Crippen molar-refractivity contribution in [2.75, 3.05) is 52.2 Å². The summed E-state index contributed by atoms with van der Waals surface area (Å²) in [5.74, 6) is -2.68. The van der Waals surface area contributed by atoms with Crippen molar-refractivity contribution in [1.82, 2.24) is 51.0 Å². The first-order valence-corrected chi connectivity index (χ1v) is 44.2. The Hall–Kier alpha value is -11.2. The van der Waals surface area contributed by atoms with Crippen molar-refractivity contribution >= 4 is 120 Å². The van der Waals surface area contributed by atoms with Crippen LogP contribution in [0.3, 0.4) is 0 Å². The molecular weight excluding hydrogens is 1660 g/mol. The first-order chi connectivity index (χ1) is 59.1. The van der Waals surface area contributed by atoms with Gasteiger partial charge in [0, 0.05) is 83.3 Å². The van der Waals surface area contributed by atoms with Gasteiger partial charge in [-0.3, -0.25) is 28.9 Å². The highest BCUT2D eigenvalue weighted by atomic mass is 32.1. The number of benzene rings is 2. The van der Waals surface area contributed by atoms with Crippen LogP contribution in [0.1, 0.15) is 194 Å². The number of carbonyl (C=O) groups excluding carboxylic acids is 10. The Balaban J connectivity index is 0.000000224. The number of nitrogens with zero attached hydrogens (tertiary/aromatic N) is 6. The molecule has 12 rings (SSSR count). The largest absolute Gasteiger partial charge is 0.497 e. The van der Waals surface area contributed by atoms with Crippen molar-refractivity contribution in [3.8, 4) is 45.8 Å². The van der Waals surface area contributed by atoms with E-state index in [2.05, 4.69) is 55.0 Å². The third-order valence-electron chi connectivity index (χ3n) is 22.3. The maximum absolute atomic E-state index is 14.7. The molecule has 6 aliphatic rings. The summed E-state index contributed by atoms with van der Waals surface area (Å²) in [6.07, 6.45) is 8.44. The van der Waals surface area contributed by atoms with Gasteiger partial charge in [0.15, 0.2) is 10.3 Å². The molecule has 2 saturated heterocycles. The molecule has 7 N–H and O–H groups in total. The second-order valence-corrected chi connectivity index (χ2v) is 40.1. The number of esters is 2. The fourth-order valence-electron chi connectivity index (χ4n) is 15.7. The third kappa shape index (κ3) is 24.9. The van der Waals surface area contributed by atoms with Gasteiger partial charge in [-0.2, -0.15) is 0 Å². The Morgan fingerprint density at radius 1 is 0.524 bits per heavy atom. The summed E-state index contributed by atoms with van der Waals surface area (Å²) in [5, 5.41) is 31.6. The minimum absolute atomic E-state index is 0.0189. The number of hydrogen-bond acceptors (Lipinski definition) is 26. The van der Waals surface area contributed by atoms with E-state index in [0.29, 0.717) is 104 Å². The summed E-state index contributed by atoms with van der Waals surface area (Å²) in [5.41, 5.74) is -1.93. The van der Waals surface area contributed by atoms with E-state index in [4.69, 9.17) is 57.7 Å². The summed E-state index contributed by atoms with van der Waals surface area (Å²) in [6.45, 7) is 35.6. The molecule has 33 nitrogen and oxygen atoms in total. The first-order valence-electron chi connectivity index (χ1n) is 42.4. The fourth-order valence-corrected chi connectivity index (χ4v) is 17.1. The molecular formula is C91H122N12O21S2. The van der Waals surface area contributed by atoms with Crippen molar-refractivity contribution in [3.05, 3.63) is 84.6 Å². The van der Waals surface area contributed by atoms with Crippen molar-refractivity contribution in [2.45, 2.75) is 259 Å². The van der Waals surface area contributed by atoms with Crippen molar-refractivity contribution in [2.24, 2.45) is 33.5 Å². The number of anilines is 2. The lowest BCUT2D eigenvalue weighted by Gasteiger charge is -2.35. The Labute approximate surface area is 743 Å². The zero-order valence-electron chi connectivity index (χ0n) is 75.5. The monoisotopic (exact) mass is 1780 g/mol. The van der Waals surface area contributed by atoms with Crippen molar-refractivity contribution < 1.29 is 100 Å². The molecule has 0 radical (unpaired) electrons. The number of thiazole rings is 2. The maximum atomic E-state index is 14.7. The average Bonchev–Trinajstić information content (AvgIpc) is 1.58. The molecule has 0 spiro atoms. The van der Waals surface area contributed by atoms with E-state index in [9.17, 15) is 52.7 Å². The van der Waals surface area contributed by atoms with Gasteiger partial charge >= 0.3 is 36.2 Å². The highest BCUT2D eigenvalue weighted by Crippen LogP contribution is 2.48. The van der Waals surface area contributed by atoms with Crippen LogP contribution in [0.5, 0.6) is 23.0 Å². The second kappa shape index (κ2) is 39.8. The number of fused-ring (bicyclic) bond motifs is 2. The van der Waals surface area contributed by atoms with Crippen molar-refractivity contribution in [3.63, 3.8) is 0 Å². The SMILES string of the molecule is C=C[C@@H]1C[C@]1(NC(=O)[C@@H]1C[C@@H](Oc2cc(-c3csc(NC(=O)CC(C)(C)C)n3)nc3cc(OC)ccc23)CN1C(=O)OC(C)(C)C)C(=O)OC.C=C[C@@H]1C[C@]1(NC(=O)[C@@H]1C[C@@H](Oc2cc(-c3csc(NC(=O)CC(C)(C)C)n3)nc3cc(OC)ccc23)CN1C(=O)[C@@H](NC(=O)OC1CCCC1)C(C)(C)C)C(=O)OC.CC(C)(C)[C@H](NC(=O)OC1CCCC1)C(=O)O. The normalized spacial score (nSPS) is 21.6. The number of aliphatic carboxylic acids is 1. The zero-order chi connectivity index (χ0) is 92.5. The number of aromatic nitrogens is 4. The second-order valence-electron chi connectivity index (χ2n) is 38.4. The number of pyridine rings is 2. The predicted octanol–water partition coefficient (Wildman–Crippen LogP) is 14.3. The van der Waals surface area contributed by atoms with Crippen LogP contribution in [0.25, 0.3) is 44.6 Å². The number of carboxylic acid groups (broad SMARTS) is 1. The van der Waals surface area contributed by atoms with Crippen LogP contribution in [-0.2, 0) is 62.0 Å². The molecule has 10 atom stereocenters. The lowest BCUT2D eigenvalue weighted by Crippen LogP contribution is -2.59. The number of methoxy groups -OCH3 is 4. The molecule has 6 heterocycles. The number of ether oxygens (including phenoxy) is 9. The van der Waals surface area contributed by atoms with E-state index in [1.54, 1.807) is 115 Å². The molecule has 4 aromatic heterocycles. The molecule has 2 aromatic carbocycles. The third-order valence-corrected chi connectivity index (χ3v) is 23.8. The van der Waals surface area contributed by atoms with Crippen LogP contribution in [0.15, 0.2) is 84.6 Å². The number of amides is 8. The summed E-state index contributed by atoms with van der Waals surface area (Å²) in [4.78, 5) is 165. The molecule has 684 valence electrons. The van der Waals surface area contributed by atoms with Gasteiger partial charge < -0.3 is 84.5 Å². The molecule has 2 aliphatic heterocycles. The standard InChI is InChI=1S/C43H56N6O9S.C36H45N5O8S.C12H21NO4/c1-10-24-20-43(24,38(53)56-9)48-36(51)32-18-27(22-49(32)37(52)35(42(5,6)7)47-40(54)58-25-13-11-12-14-25)57-33-19-30(44-29-17-26(55-8)15-16-28(29)33)31-23-59-39(45-31)46-34(50)21-41(2,3)4;1-10-20-16-36(20,31(44)47-9)40-30(43)27-14-22(18-41(27)33(45)49-35(5,6)7)48-28-15-25(37-24-13-21(46-8)11-12-23(24)28)26-19-50-32(38-26)39-29(42)17-34(2,3)4;1-12(2,3)9(10(14)15)13-11(16)17-8-6-4-5-7-8/h10,15-17,19,23-25,27,32,35H,1,11-14,18,20-22H2,2-9H3,(H,47,54)(H,48,51)(H,45,46,50);10-13,15,19-20,22,27H,1,14,16-18H2,2-9H3,(H,40,43)(H,38,39,42);8-9H,4-7H2,1-3H3,(H,13,16)(H,14,15)/t24-,27-,32+,35-,43-;20-,22-,27+,36-;9-/m111/s1. The summed E-state index contributed by atoms with van der Waals surface area (Å²) >= 11 is 2.56. The first kappa shape index (κ1) is 97.0. The van der Waals surface area contributed by atoms with Crippen LogP contribution in [0, 0.1) is 33.5 Å².